The van der Waals surface area contributed by atoms with Crippen molar-refractivity contribution in [2.24, 2.45) is 10.9 Å². The van der Waals surface area contributed by atoms with Crippen molar-refractivity contribution in [3.63, 3.8) is 0 Å². The first-order valence-corrected chi connectivity index (χ1v) is 9.91. The second-order valence-electron chi connectivity index (χ2n) is 7.37. The number of benzene rings is 2. The first kappa shape index (κ1) is 17.1. The minimum Gasteiger partial charge on any atom is -0.489 e. The third kappa shape index (κ3) is 4.24. The first-order chi connectivity index (χ1) is 12.9. The second kappa shape index (κ2) is 8.35. The summed E-state index contributed by atoms with van der Waals surface area (Å²) in [6.07, 6.45) is 12.5. The molecule has 2 aliphatic rings. The molecule has 0 bridgehead atoms. The van der Waals surface area contributed by atoms with E-state index in [-0.39, 0.29) is 0 Å². The van der Waals surface area contributed by atoms with Gasteiger partial charge < -0.3 is 4.74 Å². The Morgan fingerprint density at radius 2 is 1.85 bits per heavy atom. The molecule has 0 saturated heterocycles. The van der Waals surface area contributed by atoms with E-state index in [1.54, 1.807) is 0 Å². The van der Waals surface area contributed by atoms with Crippen LogP contribution in [0.2, 0.25) is 0 Å². The van der Waals surface area contributed by atoms with Crippen molar-refractivity contribution in [3.05, 3.63) is 77.4 Å². The van der Waals surface area contributed by atoms with E-state index in [9.17, 15) is 0 Å². The number of rotatable bonds is 5. The lowest BCUT2D eigenvalue weighted by molar-refractivity contribution is 0.306. The maximum absolute atomic E-state index is 5.99. The molecular formula is C24H27NO. The number of hydrogen-bond donors (Lipinski definition) is 0. The van der Waals surface area contributed by atoms with Crippen LogP contribution in [0, 0.1) is 5.92 Å². The van der Waals surface area contributed by atoms with Gasteiger partial charge in [0.15, 0.2) is 0 Å². The highest BCUT2D eigenvalue weighted by molar-refractivity contribution is 6.10. The SMILES string of the molecule is C(=C\C1CCCCC1)/C1=NCCc2cc(OCc3ccccc3)ccc21. The molecular weight excluding hydrogens is 318 g/mol. The molecule has 2 heteroatoms. The molecule has 4 rings (SSSR count). The van der Waals surface area contributed by atoms with Crippen molar-refractivity contribution in [3.8, 4) is 5.75 Å². The summed E-state index contributed by atoms with van der Waals surface area (Å²) in [5.41, 5.74) is 4.97. The van der Waals surface area contributed by atoms with Crippen molar-refractivity contribution >= 4 is 5.71 Å². The Hall–Kier alpha value is -2.35. The van der Waals surface area contributed by atoms with Gasteiger partial charge in [-0.3, -0.25) is 4.99 Å². The van der Waals surface area contributed by atoms with Gasteiger partial charge in [-0.05, 0) is 60.6 Å². The molecule has 1 fully saturated rings. The van der Waals surface area contributed by atoms with E-state index in [0.29, 0.717) is 6.61 Å². The molecule has 1 saturated carbocycles. The average Bonchev–Trinajstić information content (AvgIpc) is 2.72. The van der Waals surface area contributed by atoms with Crippen LogP contribution in [0.1, 0.15) is 48.8 Å². The van der Waals surface area contributed by atoms with Crippen molar-refractivity contribution in [1.82, 2.24) is 0 Å². The maximum atomic E-state index is 5.99. The molecule has 26 heavy (non-hydrogen) atoms. The van der Waals surface area contributed by atoms with Gasteiger partial charge in [-0.25, -0.2) is 0 Å². The molecule has 0 spiro atoms. The Morgan fingerprint density at radius 3 is 2.69 bits per heavy atom. The topological polar surface area (TPSA) is 21.6 Å². The molecule has 2 aromatic rings. The Bertz CT molecular complexity index is 785. The van der Waals surface area contributed by atoms with E-state index < -0.39 is 0 Å². The lowest BCUT2D eigenvalue weighted by Gasteiger charge is -2.19. The van der Waals surface area contributed by atoms with Gasteiger partial charge in [-0.1, -0.05) is 55.7 Å². The molecule has 0 radical (unpaired) electrons. The monoisotopic (exact) mass is 345 g/mol. The number of allylic oxidation sites excluding steroid dienone is 2. The van der Waals surface area contributed by atoms with Gasteiger partial charge in [0, 0.05) is 12.1 Å². The Balaban J connectivity index is 1.44. The Kier molecular flexibility index (Phi) is 5.49. The molecule has 2 aromatic carbocycles. The quantitative estimate of drug-likeness (QED) is 0.676. The van der Waals surface area contributed by atoms with Crippen molar-refractivity contribution < 1.29 is 4.74 Å². The van der Waals surface area contributed by atoms with Gasteiger partial charge in [-0.15, -0.1) is 0 Å². The summed E-state index contributed by atoms with van der Waals surface area (Å²) in [5, 5.41) is 0. The van der Waals surface area contributed by atoms with E-state index in [0.717, 1.165) is 30.3 Å². The van der Waals surface area contributed by atoms with Gasteiger partial charge in [0.05, 0.1) is 5.71 Å². The molecule has 0 amide bonds. The Labute approximate surface area is 156 Å². The van der Waals surface area contributed by atoms with Crippen LogP contribution < -0.4 is 4.74 Å². The van der Waals surface area contributed by atoms with Crippen molar-refractivity contribution in [2.75, 3.05) is 6.54 Å². The molecule has 2 nitrogen and oxygen atoms in total. The zero-order valence-electron chi connectivity index (χ0n) is 15.4. The van der Waals surface area contributed by atoms with E-state index in [2.05, 4.69) is 42.5 Å². The molecule has 1 heterocycles. The van der Waals surface area contributed by atoms with Crippen LogP contribution >= 0.6 is 0 Å². The fourth-order valence-corrected chi connectivity index (χ4v) is 3.94. The molecule has 1 aliphatic heterocycles. The predicted octanol–water partition coefficient (Wildman–Crippen LogP) is 5.75. The summed E-state index contributed by atoms with van der Waals surface area (Å²) in [6, 6.07) is 16.8. The molecule has 0 N–H and O–H groups in total. The zero-order chi connectivity index (χ0) is 17.6. The van der Waals surface area contributed by atoms with E-state index >= 15 is 0 Å². The smallest absolute Gasteiger partial charge is 0.120 e. The van der Waals surface area contributed by atoms with Gasteiger partial charge in [0.25, 0.3) is 0 Å². The van der Waals surface area contributed by atoms with Crippen molar-refractivity contribution in [1.29, 1.82) is 0 Å². The van der Waals surface area contributed by atoms with Crippen LogP contribution in [0.5, 0.6) is 5.75 Å². The van der Waals surface area contributed by atoms with Gasteiger partial charge in [-0.2, -0.15) is 0 Å². The lowest BCUT2D eigenvalue weighted by Crippen LogP contribution is -2.12. The number of nitrogens with zero attached hydrogens (tertiary/aromatic N) is 1. The van der Waals surface area contributed by atoms with E-state index in [1.165, 1.54) is 48.8 Å². The van der Waals surface area contributed by atoms with Crippen LogP contribution in [-0.2, 0) is 13.0 Å². The molecule has 1 aliphatic carbocycles. The zero-order valence-corrected chi connectivity index (χ0v) is 15.4. The van der Waals surface area contributed by atoms with Crippen LogP contribution in [0.4, 0.5) is 0 Å². The van der Waals surface area contributed by atoms with E-state index in [1.807, 2.05) is 18.2 Å². The average molecular weight is 345 g/mol. The molecule has 134 valence electrons. The summed E-state index contributed by atoms with van der Waals surface area (Å²) in [4.78, 5) is 4.77. The largest absolute Gasteiger partial charge is 0.489 e. The highest BCUT2D eigenvalue weighted by Gasteiger charge is 2.15. The Morgan fingerprint density at radius 1 is 1.00 bits per heavy atom. The fraction of sp³-hybridized carbons (Fsp3) is 0.375. The summed E-state index contributed by atoms with van der Waals surface area (Å²) < 4.78 is 5.99. The second-order valence-corrected chi connectivity index (χ2v) is 7.37. The number of hydrogen-bond acceptors (Lipinski definition) is 2. The maximum Gasteiger partial charge on any atom is 0.120 e. The van der Waals surface area contributed by atoms with Gasteiger partial charge in [0.1, 0.15) is 12.4 Å². The molecule has 0 aromatic heterocycles. The minimum atomic E-state index is 0.613. The van der Waals surface area contributed by atoms with Crippen LogP contribution in [-0.4, -0.2) is 12.3 Å². The van der Waals surface area contributed by atoms with Crippen LogP contribution in [0.25, 0.3) is 0 Å². The first-order valence-electron chi connectivity index (χ1n) is 9.91. The third-order valence-electron chi connectivity index (χ3n) is 5.44. The third-order valence-corrected chi connectivity index (χ3v) is 5.44. The minimum absolute atomic E-state index is 0.613. The summed E-state index contributed by atoms with van der Waals surface area (Å²) in [5.74, 6) is 1.69. The number of ether oxygens (including phenoxy) is 1. The van der Waals surface area contributed by atoms with Crippen LogP contribution in [0.3, 0.4) is 0 Å². The normalized spacial score (nSPS) is 17.8. The summed E-state index contributed by atoms with van der Waals surface area (Å²) >= 11 is 0. The predicted molar refractivity (Wildman–Crippen MR) is 108 cm³/mol. The molecule has 0 atom stereocenters. The van der Waals surface area contributed by atoms with Gasteiger partial charge >= 0.3 is 0 Å². The summed E-state index contributed by atoms with van der Waals surface area (Å²) in [7, 11) is 0. The highest BCUT2D eigenvalue weighted by Crippen LogP contribution is 2.26. The lowest BCUT2D eigenvalue weighted by atomic mass is 9.88. The fourth-order valence-electron chi connectivity index (χ4n) is 3.94. The standard InChI is InChI=1S/C24H27NO/c1-3-7-19(8-4-1)11-14-24-23-13-12-22(17-21(23)15-16-25-24)26-18-20-9-5-2-6-10-20/h2,5-6,9-14,17,19H,1,3-4,7-8,15-16,18H2/b14-11+. The number of aliphatic imine (C=N–C) groups is 1. The summed E-state index contributed by atoms with van der Waals surface area (Å²) in [6.45, 7) is 1.49. The number of fused-ring (bicyclic) bond motifs is 1. The van der Waals surface area contributed by atoms with E-state index in [4.69, 9.17) is 9.73 Å². The van der Waals surface area contributed by atoms with Crippen molar-refractivity contribution in [2.45, 2.75) is 45.1 Å². The van der Waals surface area contributed by atoms with Gasteiger partial charge in [0.2, 0.25) is 0 Å². The highest BCUT2D eigenvalue weighted by atomic mass is 16.5. The van der Waals surface area contributed by atoms with Crippen LogP contribution in [0.15, 0.2) is 65.7 Å². The molecule has 0 unspecified atom stereocenters.